The van der Waals surface area contributed by atoms with Crippen LogP contribution in [0.1, 0.15) is 16.8 Å². The van der Waals surface area contributed by atoms with Gasteiger partial charge < -0.3 is 19.7 Å². The molecule has 2 aromatic rings. The van der Waals surface area contributed by atoms with E-state index in [4.69, 9.17) is 9.47 Å². The number of hydrogen-bond donors (Lipinski definition) is 1. The standard InChI is InChI=1S/C20H20N2O4S/c1-22(11-14-12-25-16-4-2-3-5-17(16)26-14)20(24)13-6-7-18-15(10-13)21-19(23)8-9-27-18/h2-7,10,14H,8-9,11-12H2,1H3,(H,21,23)/t14-/m0/s1. The van der Waals surface area contributed by atoms with Gasteiger partial charge in [-0.1, -0.05) is 12.1 Å². The Morgan fingerprint density at radius 1 is 1.26 bits per heavy atom. The molecule has 7 heteroatoms. The van der Waals surface area contributed by atoms with Gasteiger partial charge >= 0.3 is 0 Å². The van der Waals surface area contributed by atoms with Crippen molar-refractivity contribution in [3.8, 4) is 11.5 Å². The molecular formula is C20H20N2O4S. The maximum Gasteiger partial charge on any atom is 0.253 e. The van der Waals surface area contributed by atoms with Crippen LogP contribution in [0.2, 0.25) is 0 Å². The highest BCUT2D eigenvalue weighted by atomic mass is 32.2. The Hall–Kier alpha value is -2.67. The second kappa shape index (κ2) is 7.52. The Kier molecular flexibility index (Phi) is 4.94. The van der Waals surface area contributed by atoms with E-state index in [-0.39, 0.29) is 17.9 Å². The Morgan fingerprint density at radius 3 is 2.93 bits per heavy atom. The second-order valence-corrected chi connectivity index (χ2v) is 7.68. The van der Waals surface area contributed by atoms with Crippen molar-refractivity contribution in [2.45, 2.75) is 17.4 Å². The summed E-state index contributed by atoms with van der Waals surface area (Å²) < 4.78 is 11.6. The van der Waals surface area contributed by atoms with Crippen LogP contribution in [0.5, 0.6) is 11.5 Å². The predicted octanol–water partition coefficient (Wildman–Crippen LogP) is 3.03. The minimum Gasteiger partial charge on any atom is -0.486 e. The number of carbonyl (C=O) groups is 2. The van der Waals surface area contributed by atoms with Gasteiger partial charge in [-0.2, -0.15) is 0 Å². The van der Waals surface area contributed by atoms with E-state index in [0.29, 0.717) is 36.6 Å². The predicted molar refractivity (Wildman–Crippen MR) is 104 cm³/mol. The fourth-order valence-corrected chi connectivity index (χ4v) is 4.05. The summed E-state index contributed by atoms with van der Waals surface area (Å²) >= 11 is 1.62. The Bertz CT molecular complexity index is 886. The molecular weight excluding hydrogens is 364 g/mol. The van der Waals surface area contributed by atoms with Crippen LogP contribution in [-0.4, -0.2) is 48.8 Å². The van der Waals surface area contributed by atoms with Gasteiger partial charge in [0.2, 0.25) is 5.91 Å². The zero-order chi connectivity index (χ0) is 18.8. The number of carbonyl (C=O) groups excluding carboxylic acids is 2. The fraction of sp³-hybridized carbons (Fsp3) is 0.300. The van der Waals surface area contributed by atoms with Crippen LogP contribution >= 0.6 is 11.8 Å². The molecule has 2 aromatic carbocycles. The number of likely N-dealkylation sites (N-methyl/N-ethyl adjacent to an activating group) is 1. The number of nitrogens with zero attached hydrogens (tertiary/aromatic N) is 1. The second-order valence-electron chi connectivity index (χ2n) is 6.54. The maximum absolute atomic E-state index is 12.8. The smallest absolute Gasteiger partial charge is 0.253 e. The first-order valence-corrected chi connectivity index (χ1v) is 9.79. The molecule has 0 spiro atoms. The Balaban J connectivity index is 1.44. The fourth-order valence-electron chi connectivity index (χ4n) is 3.11. The molecule has 27 heavy (non-hydrogen) atoms. The van der Waals surface area contributed by atoms with Crippen LogP contribution in [0, 0.1) is 0 Å². The summed E-state index contributed by atoms with van der Waals surface area (Å²) in [6.07, 6.45) is 0.244. The molecule has 0 saturated heterocycles. The molecule has 2 amide bonds. The van der Waals surface area contributed by atoms with Gasteiger partial charge in [0.05, 0.1) is 12.2 Å². The van der Waals surface area contributed by atoms with Crippen molar-refractivity contribution >= 4 is 29.3 Å². The molecule has 0 unspecified atom stereocenters. The van der Waals surface area contributed by atoms with Gasteiger partial charge in [-0.05, 0) is 30.3 Å². The summed E-state index contributed by atoms with van der Waals surface area (Å²) in [5, 5.41) is 2.87. The SMILES string of the molecule is CN(C[C@H]1COc2ccccc2O1)C(=O)c1ccc2c(c1)NC(=O)CCS2. The van der Waals surface area contributed by atoms with E-state index in [9.17, 15) is 9.59 Å². The highest BCUT2D eigenvalue weighted by Gasteiger charge is 2.25. The molecule has 0 aromatic heterocycles. The topological polar surface area (TPSA) is 67.9 Å². The molecule has 0 radical (unpaired) electrons. The lowest BCUT2D eigenvalue weighted by Gasteiger charge is -2.29. The number of amides is 2. The van der Waals surface area contributed by atoms with E-state index in [0.717, 1.165) is 16.4 Å². The van der Waals surface area contributed by atoms with Gasteiger partial charge in [0.25, 0.3) is 5.91 Å². The lowest BCUT2D eigenvalue weighted by molar-refractivity contribution is -0.115. The number of para-hydroxylation sites is 2. The van der Waals surface area contributed by atoms with Crippen molar-refractivity contribution in [2.75, 3.05) is 31.3 Å². The normalized spacial score (nSPS) is 18.1. The average molecular weight is 384 g/mol. The van der Waals surface area contributed by atoms with Crippen LogP contribution in [0.4, 0.5) is 5.69 Å². The number of rotatable bonds is 3. The van der Waals surface area contributed by atoms with Crippen LogP contribution in [-0.2, 0) is 4.79 Å². The third-order valence-corrected chi connectivity index (χ3v) is 5.55. The van der Waals surface area contributed by atoms with Gasteiger partial charge in [0.15, 0.2) is 17.6 Å². The minimum atomic E-state index is -0.232. The first kappa shape index (κ1) is 17.7. The van der Waals surface area contributed by atoms with Gasteiger partial charge in [0.1, 0.15) is 6.61 Å². The van der Waals surface area contributed by atoms with Crippen molar-refractivity contribution in [2.24, 2.45) is 0 Å². The minimum absolute atomic E-state index is 0.0226. The van der Waals surface area contributed by atoms with E-state index in [1.807, 2.05) is 30.3 Å². The monoisotopic (exact) mass is 384 g/mol. The van der Waals surface area contributed by atoms with Gasteiger partial charge in [-0.25, -0.2) is 0 Å². The number of ether oxygens (including phenoxy) is 2. The molecule has 1 atom stereocenters. The number of nitrogens with one attached hydrogen (secondary N) is 1. The molecule has 0 aliphatic carbocycles. The molecule has 1 N–H and O–H groups in total. The van der Waals surface area contributed by atoms with Crippen LogP contribution in [0.25, 0.3) is 0 Å². The first-order valence-electron chi connectivity index (χ1n) is 8.81. The lowest BCUT2D eigenvalue weighted by atomic mass is 10.1. The largest absolute Gasteiger partial charge is 0.486 e. The highest BCUT2D eigenvalue weighted by molar-refractivity contribution is 7.99. The Labute approximate surface area is 161 Å². The summed E-state index contributed by atoms with van der Waals surface area (Å²) in [5.41, 5.74) is 1.24. The summed E-state index contributed by atoms with van der Waals surface area (Å²) in [7, 11) is 1.74. The summed E-state index contributed by atoms with van der Waals surface area (Å²) in [6, 6.07) is 12.9. The number of hydrogen-bond acceptors (Lipinski definition) is 5. The van der Waals surface area contributed by atoms with E-state index in [1.54, 1.807) is 35.8 Å². The maximum atomic E-state index is 12.8. The van der Waals surface area contributed by atoms with Crippen LogP contribution < -0.4 is 14.8 Å². The average Bonchev–Trinajstić information content (AvgIpc) is 2.87. The molecule has 2 heterocycles. The molecule has 2 aliphatic rings. The highest BCUT2D eigenvalue weighted by Crippen LogP contribution is 2.32. The van der Waals surface area contributed by atoms with E-state index in [2.05, 4.69) is 5.32 Å². The molecule has 140 valence electrons. The van der Waals surface area contributed by atoms with Crippen molar-refractivity contribution < 1.29 is 19.1 Å². The molecule has 0 fully saturated rings. The van der Waals surface area contributed by atoms with Crippen molar-refractivity contribution in [1.29, 1.82) is 0 Å². The lowest BCUT2D eigenvalue weighted by Crippen LogP contribution is -2.41. The third kappa shape index (κ3) is 3.88. The summed E-state index contributed by atoms with van der Waals surface area (Å²) in [4.78, 5) is 27.2. The first-order chi connectivity index (χ1) is 13.1. The molecule has 0 saturated carbocycles. The zero-order valence-electron chi connectivity index (χ0n) is 14.9. The number of thioether (sulfide) groups is 1. The summed E-state index contributed by atoms with van der Waals surface area (Å²) in [5.74, 6) is 2.02. The van der Waals surface area contributed by atoms with Gasteiger partial charge in [-0.15, -0.1) is 11.8 Å². The van der Waals surface area contributed by atoms with E-state index in [1.165, 1.54) is 0 Å². The van der Waals surface area contributed by atoms with Crippen LogP contribution in [0.3, 0.4) is 0 Å². The quantitative estimate of drug-likeness (QED) is 0.881. The van der Waals surface area contributed by atoms with Gasteiger partial charge in [-0.3, -0.25) is 9.59 Å². The molecule has 2 aliphatic heterocycles. The Morgan fingerprint density at radius 2 is 2.07 bits per heavy atom. The van der Waals surface area contributed by atoms with E-state index >= 15 is 0 Å². The summed E-state index contributed by atoms with van der Waals surface area (Å²) in [6.45, 7) is 0.802. The molecule has 6 nitrogen and oxygen atoms in total. The van der Waals surface area contributed by atoms with Crippen molar-refractivity contribution in [1.82, 2.24) is 4.90 Å². The van der Waals surface area contributed by atoms with Crippen molar-refractivity contribution in [3.63, 3.8) is 0 Å². The number of anilines is 1. The van der Waals surface area contributed by atoms with Gasteiger partial charge in [0, 0.05) is 29.7 Å². The van der Waals surface area contributed by atoms with Crippen LogP contribution in [0.15, 0.2) is 47.4 Å². The van der Waals surface area contributed by atoms with Crippen molar-refractivity contribution in [3.05, 3.63) is 48.0 Å². The van der Waals surface area contributed by atoms with E-state index < -0.39 is 0 Å². The number of benzene rings is 2. The molecule has 0 bridgehead atoms. The number of fused-ring (bicyclic) bond motifs is 2. The third-order valence-electron chi connectivity index (χ3n) is 4.48. The zero-order valence-corrected chi connectivity index (χ0v) is 15.8. The molecule has 4 rings (SSSR count).